The van der Waals surface area contributed by atoms with Gasteiger partial charge in [0.05, 0.1) is 0 Å². The predicted octanol–water partition coefficient (Wildman–Crippen LogP) is 4.37. The number of piperidine rings is 1. The predicted molar refractivity (Wildman–Crippen MR) is 126 cm³/mol. The number of anilines is 1. The molecule has 3 rings (SSSR count). The fraction of sp³-hybridized carbons (Fsp3) is 0.480. The van der Waals surface area contributed by atoms with Gasteiger partial charge in [0.15, 0.2) is 0 Å². The van der Waals surface area contributed by atoms with Gasteiger partial charge in [-0.25, -0.2) is 4.79 Å². The summed E-state index contributed by atoms with van der Waals surface area (Å²) in [6.45, 7) is 9.05. The van der Waals surface area contributed by atoms with E-state index in [-0.39, 0.29) is 12.1 Å². The van der Waals surface area contributed by atoms with E-state index in [4.69, 9.17) is 0 Å². The van der Waals surface area contributed by atoms with Crippen LogP contribution in [0.4, 0.5) is 16.2 Å². The van der Waals surface area contributed by atoms with Gasteiger partial charge < -0.3 is 25.8 Å². The average molecular weight is 425 g/mol. The Kier molecular flexibility index (Phi) is 8.46. The summed E-state index contributed by atoms with van der Waals surface area (Å²) in [4.78, 5) is 17.9. The minimum absolute atomic E-state index is 0.107. The van der Waals surface area contributed by atoms with Gasteiger partial charge in [0.1, 0.15) is 5.69 Å². The van der Waals surface area contributed by atoms with E-state index in [0.717, 1.165) is 42.5 Å². The number of aryl methyl sites for hydroxylation is 1. The Morgan fingerprint density at radius 3 is 2.58 bits per heavy atom. The zero-order valence-electron chi connectivity index (χ0n) is 19.0. The molecule has 31 heavy (non-hydrogen) atoms. The Morgan fingerprint density at radius 2 is 1.94 bits per heavy atom. The van der Waals surface area contributed by atoms with Crippen LogP contribution in [0.3, 0.4) is 0 Å². The molecule has 0 radical (unpaired) electrons. The molecular weight excluding hydrogens is 388 g/mol. The van der Waals surface area contributed by atoms with Crippen molar-refractivity contribution in [1.82, 2.24) is 9.80 Å². The molecule has 1 aliphatic rings. The molecule has 1 heterocycles. The number of likely N-dealkylation sites (tertiary alicyclic amines) is 1. The lowest BCUT2D eigenvalue weighted by atomic mass is 10.00. The summed E-state index contributed by atoms with van der Waals surface area (Å²) in [5.74, 6) is 0. The lowest BCUT2D eigenvalue weighted by Crippen LogP contribution is -2.70. The molecule has 0 aliphatic carbocycles. The Labute approximate surface area is 186 Å². The van der Waals surface area contributed by atoms with Crippen molar-refractivity contribution in [2.45, 2.75) is 65.1 Å². The van der Waals surface area contributed by atoms with Crippen molar-refractivity contribution < 1.29 is 10.3 Å². The Hall–Kier alpha value is -2.41. The van der Waals surface area contributed by atoms with Gasteiger partial charge in [-0.2, -0.15) is 0 Å². The molecule has 0 aromatic heterocycles. The molecule has 1 saturated heterocycles. The first kappa shape index (κ1) is 23.3. The molecule has 6 heteroatoms. The number of amides is 2. The highest BCUT2D eigenvalue weighted by Gasteiger charge is 2.29. The van der Waals surface area contributed by atoms with Crippen molar-refractivity contribution in [3.63, 3.8) is 0 Å². The highest BCUT2D eigenvalue weighted by atomic mass is 16.5. The molecule has 0 spiro atoms. The molecule has 1 aliphatic heterocycles. The lowest BCUT2D eigenvalue weighted by molar-refractivity contribution is -0.497. The fourth-order valence-corrected chi connectivity index (χ4v) is 4.43. The second-order valence-corrected chi connectivity index (χ2v) is 8.64. The number of nitrogens with one attached hydrogen (secondary N) is 1. The monoisotopic (exact) mass is 424 g/mol. The minimum Gasteiger partial charge on any atom is -0.630 e. The minimum atomic E-state index is -0.107. The van der Waals surface area contributed by atoms with Crippen LogP contribution in [-0.2, 0) is 6.54 Å². The Bertz CT molecular complexity index is 835. The molecule has 3 N–H and O–H groups in total. The van der Waals surface area contributed by atoms with Gasteiger partial charge in [0, 0.05) is 49.0 Å². The lowest BCUT2D eigenvalue weighted by Gasteiger charge is -2.40. The molecule has 1 atom stereocenters. The number of benzene rings is 2. The molecule has 0 saturated carbocycles. The third kappa shape index (κ3) is 6.29. The third-order valence-electron chi connectivity index (χ3n) is 6.38. The number of nitrogens with zero attached hydrogens (tertiary/aromatic N) is 2. The van der Waals surface area contributed by atoms with Gasteiger partial charge in [0.2, 0.25) is 0 Å². The molecule has 1 unspecified atom stereocenters. The first-order valence-electron chi connectivity index (χ1n) is 11.4. The smallest absolute Gasteiger partial charge is 0.322 e. The van der Waals surface area contributed by atoms with Crippen molar-refractivity contribution in [3.05, 3.63) is 64.9 Å². The largest absolute Gasteiger partial charge is 0.630 e. The first-order valence-corrected chi connectivity index (χ1v) is 11.4. The van der Waals surface area contributed by atoms with Gasteiger partial charge in [0.25, 0.3) is 0 Å². The van der Waals surface area contributed by atoms with Gasteiger partial charge in [-0.05, 0) is 44.7 Å². The van der Waals surface area contributed by atoms with E-state index in [1.807, 2.05) is 42.2 Å². The van der Waals surface area contributed by atoms with Crippen LogP contribution < -0.4 is 10.8 Å². The van der Waals surface area contributed by atoms with Gasteiger partial charge in [-0.15, -0.1) is 0 Å². The fourth-order valence-electron chi connectivity index (χ4n) is 4.43. The summed E-state index contributed by atoms with van der Waals surface area (Å²) in [5, 5.41) is 14.3. The van der Waals surface area contributed by atoms with Crippen LogP contribution >= 0.6 is 0 Å². The van der Waals surface area contributed by atoms with Crippen molar-refractivity contribution >= 4 is 17.4 Å². The summed E-state index contributed by atoms with van der Waals surface area (Å²) >= 11 is 0. The van der Waals surface area contributed by atoms with Gasteiger partial charge >= 0.3 is 6.03 Å². The second-order valence-electron chi connectivity index (χ2n) is 8.64. The van der Waals surface area contributed by atoms with Crippen LogP contribution in [-0.4, -0.2) is 41.0 Å². The molecule has 168 valence electrons. The van der Waals surface area contributed by atoms with E-state index in [1.54, 1.807) is 6.07 Å². The first-order chi connectivity index (χ1) is 15.0. The number of hydrogen-bond donors (Lipinski definition) is 2. The number of hydrogen-bond acceptors (Lipinski definition) is 3. The van der Waals surface area contributed by atoms with Crippen molar-refractivity contribution in [2.24, 2.45) is 0 Å². The van der Waals surface area contributed by atoms with Crippen LogP contribution in [0.5, 0.6) is 0 Å². The highest BCUT2D eigenvalue weighted by Crippen LogP contribution is 2.24. The van der Waals surface area contributed by atoms with Crippen LogP contribution in [0.1, 0.15) is 50.7 Å². The topological polar surface area (TPSA) is 75.2 Å². The van der Waals surface area contributed by atoms with E-state index in [2.05, 4.69) is 36.2 Å². The van der Waals surface area contributed by atoms with Crippen LogP contribution in [0, 0.1) is 12.1 Å². The number of nitrogens with two attached hydrogens (primary N) is 1. The second kappa shape index (κ2) is 11.3. The van der Waals surface area contributed by atoms with Crippen molar-refractivity contribution in [3.8, 4) is 0 Å². The molecule has 2 amide bonds. The third-order valence-corrected chi connectivity index (χ3v) is 6.38. The van der Waals surface area contributed by atoms with Crippen LogP contribution in [0.2, 0.25) is 0 Å². The highest BCUT2D eigenvalue weighted by molar-refractivity contribution is 5.90. The Balaban J connectivity index is 1.73. The van der Waals surface area contributed by atoms with E-state index < -0.39 is 0 Å². The zero-order valence-corrected chi connectivity index (χ0v) is 19.0. The quantitative estimate of drug-likeness (QED) is 0.488. The number of carbonyl (C=O) groups excluding carboxylic acids is 1. The SMILES string of the molecule is CCCC(C)N1CCC(N(Cc2ccccc2)C(=O)Nc2ccc(C)c([NH2+][O-])c2)CC1. The number of urea groups is 1. The van der Waals surface area contributed by atoms with E-state index in [0.29, 0.717) is 24.0 Å². The molecular formula is C25H36N4O2. The molecule has 1 fully saturated rings. The van der Waals surface area contributed by atoms with Crippen molar-refractivity contribution in [2.75, 3.05) is 18.4 Å². The summed E-state index contributed by atoms with van der Waals surface area (Å²) in [5.41, 5.74) is 4.12. The van der Waals surface area contributed by atoms with E-state index >= 15 is 0 Å². The standard InChI is InChI=1S/C25H36N4O2/c1-4-8-20(3)28-15-13-23(14-16-28)29(18-21-9-6-5-7-10-21)25(30)26-22-12-11-19(2)24(17-22)27-31/h5-7,9-12,17,20,23H,4,8,13-16,18,27H2,1-3H3,(H,26,30). The molecule has 0 bridgehead atoms. The van der Waals surface area contributed by atoms with Gasteiger partial charge in [-0.3, -0.25) is 0 Å². The maximum atomic E-state index is 13.3. The number of rotatable bonds is 8. The summed E-state index contributed by atoms with van der Waals surface area (Å²) in [6.07, 6.45) is 4.36. The molecule has 6 nitrogen and oxygen atoms in total. The number of carbonyl (C=O) groups is 1. The average Bonchev–Trinajstić information content (AvgIpc) is 2.79. The normalized spacial score (nSPS) is 16.1. The maximum absolute atomic E-state index is 13.3. The summed E-state index contributed by atoms with van der Waals surface area (Å²) in [6, 6.07) is 16.3. The zero-order chi connectivity index (χ0) is 22.2. The Morgan fingerprint density at radius 1 is 1.23 bits per heavy atom. The maximum Gasteiger partial charge on any atom is 0.322 e. The van der Waals surface area contributed by atoms with Crippen LogP contribution in [0.15, 0.2) is 48.5 Å². The molecule has 2 aromatic carbocycles. The van der Waals surface area contributed by atoms with E-state index in [9.17, 15) is 10.0 Å². The van der Waals surface area contributed by atoms with Gasteiger partial charge in [-0.1, -0.05) is 49.7 Å². The van der Waals surface area contributed by atoms with E-state index in [1.165, 1.54) is 12.8 Å². The molecule has 2 aromatic rings. The van der Waals surface area contributed by atoms with Crippen molar-refractivity contribution in [1.29, 1.82) is 0 Å². The summed E-state index contributed by atoms with van der Waals surface area (Å²) in [7, 11) is 0. The van der Waals surface area contributed by atoms with Crippen LogP contribution in [0.25, 0.3) is 0 Å². The summed E-state index contributed by atoms with van der Waals surface area (Å²) < 4.78 is 0. The number of quaternary nitrogens is 1.